The second-order valence-electron chi connectivity index (χ2n) is 5.01. The van der Waals surface area contributed by atoms with Crippen LogP contribution in [0.25, 0.3) is 0 Å². The lowest BCUT2D eigenvalue weighted by Gasteiger charge is -2.19. The Kier molecular flexibility index (Phi) is 3.48. The molecule has 2 N–H and O–H groups in total. The Hall–Kier alpha value is -1.35. The number of amides is 1. The van der Waals surface area contributed by atoms with Crippen molar-refractivity contribution < 1.29 is 4.79 Å². The van der Waals surface area contributed by atoms with Crippen molar-refractivity contribution in [1.29, 1.82) is 0 Å². The van der Waals surface area contributed by atoms with Crippen LogP contribution in [-0.2, 0) is 17.6 Å². The fraction of sp³-hybridized carbons (Fsp3) is 0.500. The van der Waals surface area contributed by atoms with E-state index in [1.807, 2.05) is 11.8 Å². The zero-order valence-corrected chi connectivity index (χ0v) is 10.5. The van der Waals surface area contributed by atoms with E-state index in [1.165, 1.54) is 11.1 Å². The zero-order chi connectivity index (χ0) is 12.4. The monoisotopic (exact) mass is 232 g/mol. The fourth-order valence-electron chi connectivity index (χ4n) is 2.52. The quantitative estimate of drug-likeness (QED) is 0.806. The molecule has 1 aromatic carbocycles. The first-order valence-corrected chi connectivity index (χ1v) is 6.23. The third-order valence-corrected chi connectivity index (χ3v) is 3.43. The van der Waals surface area contributed by atoms with Gasteiger partial charge < -0.3 is 10.6 Å². The lowest BCUT2D eigenvalue weighted by atomic mass is 10.0. The maximum absolute atomic E-state index is 11.2. The van der Waals surface area contributed by atoms with Crippen LogP contribution in [0.3, 0.4) is 0 Å². The Balaban J connectivity index is 2.30. The largest absolute Gasteiger partial charge is 0.328 e. The first kappa shape index (κ1) is 12.1. The van der Waals surface area contributed by atoms with Gasteiger partial charge in [-0.05, 0) is 44.2 Å². The number of carbonyl (C=O) groups is 1. The SMILES string of the molecule is CC(N)CCc1cccc2c1N(C=O)C(C)C2. The van der Waals surface area contributed by atoms with Gasteiger partial charge in [0.2, 0.25) is 6.41 Å². The molecule has 0 spiro atoms. The number of hydrogen-bond donors (Lipinski definition) is 1. The van der Waals surface area contributed by atoms with Gasteiger partial charge in [0.25, 0.3) is 0 Å². The van der Waals surface area contributed by atoms with E-state index in [2.05, 4.69) is 25.1 Å². The second-order valence-corrected chi connectivity index (χ2v) is 5.01. The number of nitrogens with two attached hydrogens (primary N) is 1. The summed E-state index contributed by atoms with van der Waals surface area (Å²) in [5.74, 6) is 0. The van der Waals surface area contributed by atoms with Crippen LogP contribution < -0.4 is 10.6 Å². The molecular formula is C14H20N2O. The van der Waals surface area contributed by atoms with Crippen molar-refractivity contribution in [3.63, 3.8) is 0 Å². The molecule has 1 amide bonds. The molecule has 2 unspecified atom stereocenters. The predicted molar refractivity (Wildman–Crippen MR) is 70.1 cm³/mol. The smallest absolute Gasteiger partial charge is 0.214 e. The van der Waals surface area contributed by atoms with E-state index in [0.717, 1.165) is 31.4 Å². The van der Waals surface area contributed by atoms with E-state index in [4.69, 9.17) is 5.73 Å². The van der Waals surface area contributed by atoms with Crippen LogP contribution in [0.2, 0.25) is 0 Å². The van der Waals surface area contributed by atoms with Gasteiger partial charge in [0.05, 0.1) is 5.69 Å². The summed E-state index contributed by atoms with van der Waals surface area (Å²) in [5, 5.41) is 0. The van der Waals surface area contributed by atoms with E-state index in [1.54, 1.807) is 0 Å². The van der Waals surface area contributed by atoms with Gasteiger partial charge in [-0.3, -0.25) is 4.79 Å². The first-order chi connectivity index (χ1) is 8.13. The Morgan fingerprint density at radius 3 is 3.00 bits per heavy atom. The van der Waals surface area contributed by atoms with Crippen molar-refractivity contribution in [3.05, 3.63) is 29.3 Å². The summed E-state index contributed by atoms with van der Waals surface area (Å²) in [5.41, 5.74) is 9.45. The highest BCUT2D eigenvalue weighted by molar-refractivity contribution is 5.82. The Morgan fingerprint density at radius 2 is 2.35 bits per heavy atom. The fourth-order valence-corrected chi connectivity index (χ4v) is 2.52. The van der Waals surface area contributed by atoms with Crippen molar-refractivity contribution in [1.82, 2.24) is 0 Å². The van der Waals surface area contributed by atoms with Crippen LogP contribution in [0.4, 0.5) is 5.69 Å². The van der Waals surface area contributed by atoms with Crippen molar-refractivity contribution >= 4 is 12.1 Å². The molecule has 0 aliphatic carbocycles. The number of carbonyl (C=O) groups excluding carboxylic acids is 1. The highest BCUT2D eigenvalue weighted by Gasteiger charge is 2.27. The molecule has 1 aliphatic rings. The molecule has 1 heterocycles. The van der Waals surface area contributed by atoms with Crippen molar-refractivity contribution in [2.24, 2.45) is 5.73 Å². The summed E-state index contributed by atoms with van der Waals surface area (Å²) < 4.78 is 0. The van der Waals surface area contributed by atoms with Crippen LogP contribution in [0.1, 0.15) is 31.4 Å². The van der Waals surface area contributed by atoms with E-state index < -0.39 is 0 Å². The second kappa shape index (κ2) is 4.88. The lowest BCUT2D eigenvalue weighted by Crippen LogP contribution is -2.28. The third kappa shape index (κ3) is 2.34. The molecule has 0 saturated carbocycles. The molecule has 0 saturated heterocycles. The molecule has 1 aromatic rings. The molecule has 3 heteroatoms. The minimum atomic E-state index is 0.203. The summed E-state index contributed by atoms with van der Waals surface area (Å²) in [6.07, 6.45) is 3.81. The summed E-state index contributed by atoms with van der Waals surface area (Å²) in [7, 11) is 0. The normalized spacial score (nSPS) is 20.2. The van der Waals surface area contributed by atoms with Gasteiger partial charge in [0, 0.05) is 12.1 Å². The molecule has 0 radical (unpaired) electrons. The van der Waals surface area contributed by atoms with Crippen molar-refractivity contribution in [2.45, 2.75) is 45.2 Å². The average molecular weight is 232 g/mol. The Bertz CT molecular complexity index is 415. The molecule has 3 nitrogen and oxygen atoms in total. The van der Waals surface area contributed by atoms with Crippen LogP contribution in [0.5, 0.6) is 0 Å². The van der Waals surface area contributed by atoms with Crippen LogP contribution in [0, 0.1) is 0 Å². The standard InChI is InChI=1S/C14H20N2O/c1-10(15)6-7-12-4-3-5-13-8-11(2)16(9-17)14(12)13/h3-5,9-11H,6-8,15H2,1-2H3. The lowest BCUT2D eigenvalue weighted by molar-refractivity contribution is -0.107. The van der Waals surface area contributed by atoms with Gasteiger partial charge in [0.1, 0.15) is 0 Å². The van der Waals surface area contributed by atoms with Gasteiger partial charge in [-0.2, -0.15) is 0 Å². The van der Waals surface area contributed by atoms with Gasteiger partial charge in [-0.1, -0.05) is 18.2 Å². The number of para-hydroxylation sites is 1. The predicted octanol–water partition coefficient (Wildman–Crippen LogP) is 1.87. The number of benzene rings is 1. The summed E-state index contributed by atoms with van der Waals surface area (Å²) in [4.78, 5) is 13.0. The zero-order valence-electron chi connectivity index (χ0n) is 10.5. The van der Waals surface area contributed by atoms with Crippen molar-refractivity contribution in [2.75, 3.05) is 4.90 Å². The third-order valence-electron chi connectivity index (χ3n) is 3.43. The number of nitrogens with zero attached hydrogens (tertiary/aromatic N) is 1. The van der Waals surface area contributed by atoms with E-state index in [0.29, 0.717) is 0 Å². The molecule has 2 atom stereocenters. The molecule has 0 fully saturated rings. The summed E-state index contributed by atoms with van der Waals surface area (Å²) in [6.45, 7) is 4.10. The number of rotatable bonds is 4. The van der Waals surface area contributed by atoms with Crippen molar-refractivity contribution in [3.8, 4) is 0 Å². The number of hydrogen-bond acceptors (Lipinski definition) is 2. The average Bonchev–Trinajstić information content (AvgIpc) is 2.62. The van der Waals surface area contributed by atoms with Gasteiger partial charge in [-0.25, -0.2) is 0 Å². The number of aryl methyl sites for hydroxylation is 1. The summed E-state index contributed by atoms with van der Waals surface area (Å²) >= 11 is 0. The molecule has 0 aromatic heterocycles. The molecule has 2 rings (SSSR count). The molecule has 17 heavy (non-hydrogen) atoms. The van der Waals surface area contributed by atoms with Gasteiger partial charge >= 0.3 is 0 Å². The Morgan fingerprint density at radius 1 is 1.59 bits per heavy atom. The number of fused-ring (bicyclic) bond motifs is 1. The molecule has 92 valence electrons. The highest BCUT2D eigenvalue weighted by Crippen LogP contribution is 2.34. The van der Waals surface area contributed by atoms with E-state index >= 15 is 0 Å². The van der Waals surface area contributed by atoms with Crippen LogP contribution in [-0.4, -0.2) is 18.5 Å². The Labute approximate surface area is 103 Å². The van der Waals surface area contributed by atoms with Gasteiger partial charge in [-0.15, -0.1) is 0 Å². The van der Waals surface area contributed by atoms with E-state index in [9.17, 15) is 4.79 Å². The topological polar surface area (TPSA) is 46.3 Å². The molecule has 0 bridgehead atoms. The highest BCUT2D eigenvalue weighted by atomic mass is 16.1. The minimum absolute atomic E-state index is 0.203. The maximum atomic E-state index is 11.2. The number of anilines is 1. The van der Waals surface area contributed by atoms with Gasteiger partial charge in [0.15, 0.2) is 0 Å². The maximum Gasteiger partial charge on any atom is 0.214 e. The minimum Gasteiger partial charge on any atom is -0.328 e. The first-order valence-electron chi connectivity index (χ1n) is 6.23. The van der Waals surface area contributed by atoms with Crippen LogP contribution >= 0.6 is 0 Å². The molecular weight excluding hydrogens is 212 g/mol. The van der Waals surface area contributed by atoms with Crippen LogP contribution in [0.15, 0.2) is 18.2 Å². The summed E-state index contributed by atoms with van der Waals surface area (Å²) in [6, 6.07) is 6.78. The molecule has 1 aliphatic heterocycles. The van der Waals surface area contributed by atoms with E-state index in [-0.39, 0.29) is 12.1 Å².